The van der Waals surface area contributed by atoms with Crippen molar-refractivity contribution in [2.45, 2.75) is 33.2 Å². The van der Waals surface area contributed by atoms with Crippen LogP contribution in [-0.4, -0.2) is 22.9 Å². The van der Waals surface area contributed by atoms with Crippen LogP contribution in [0.15, 0.2) is 5.10 Å². The van der Waals surface area contributed by atoms with Gasteiger partial charge in [-0.1, -0.05) is 6.92 Å². The van der Waals surface area contributed by atoms with Crippen LogP contribution < -0.4 is 5.73 Å². The third kappa shape index (κ3) is 4.90. The third-order valence-electron chi connectivity index (χ3n) is 1.27. The van der Waals surface area contributed by atoms with E-state index >= 15 is 0 Å². The van der Waals surface area contributed by atoms with E-state index in [0.29, 0.717) is 6.04 Å². The first-order valence-corrected chi connectivity index (χ1v) is 4.22. The maximum absolute atomic E-state index is 5.44. The van der Waals surface area contributed by atoms with Crippen molar-refractivity contribution in [3.8, 4) is 0 Å². The molecule has 0 aromatic carbocycles. The molecule has 0 atom stereocenters. The molecule has 0 heterocycles. The monoisotopic (exact) mass is 177 g/mol. The minimum Gasteiger partial charge on any atom is -0.373 e. The summed E-state index contributed by atoms with van der Waals surface area (Å²) in [6, 6.07) is 0.354. The van der Waals surface area contributed by atoms with E-state index < -0.39 is 0 Å². The number of rotatable bonds is 4. The van der Waals surface area contributed by atoms with E-state index in [1.54, 1.807) is 0 Å². The second kappa shape index (κ2) is 5.24. The first-order valence-electron chi connectivity index (χ1n) is 3.84. The Bertz CT molecular complexity index is 130. The highest BCUT2D eigenvalue weighted by Crippen LogP contribution is 2.00. The molecule has 4 heteroatoms. The van der Waals surface area contributed by atoms with Gasteiger partial charge in [-0.15, -0.1) is 5.10 Å². The van der Waals surface area contributed by atoms with E-state index in [0.717, 1.165) is 13.0 Å². The number of nitrogens with two attached hydrogens (primary N) is 1. The molecule has 0 unspecified atom stereocenters. The van der Waals surface area contributed by atoms with Gasteiger partial charge in [0.25, 0.3) is 0 Å². The maximum atomic E-state index is 5.44. The molecule has 0 spiro atoms. The average molecular weight is 178 g/mol. The van der Waals surface area contributed by atoms with Crippen molar-refractivity contribution in [3.63, 3.8) is 0 Å². The molecule has 0 aromatic rings. The van der Waals surface area contributed by atoms with Gasteiger partial charge < -0.3 is 5.73 Å². The summed E-state index contributed by atoms with van der Waals surface area (Å²) in [5.74, 6) is 0. The Morgan fingerprint density at radius 1 is 1.64 bits per heavy atom. The van der Waals surface area contributed by atoms with Gasteiger partial charge in [-0.05, 0) is 31.9 Å². The smallest absolute Gasteiger partial charge is 0.211 e. The summed E-state index contributed by atoms with van der Waals surface area (Å²) in [5.41, 5.74) is 5.24. The van der Waals surface area contributed by atoms with Gasteiger partial charge in [0.15, 0.2) is 0 Å². The summed E-state index contributed by atoms with van der Waals surface area (Å²) >= 11 is 5.44. The summed E-state index contributed by atoms with van der Waals surface area (Å²) < 4.78 is 0. The minimum atomic E-state index is 0.104. The molecule has 66 valence electrons. The van der Waals surface area contributed by atoms with Gasteiger partial charge in [0.2, 0.25) is 5.29 Å². The van der Waals surface area contributed by atoms with Gasteiger partial charge >= 0.3 is 0 Å². The molecule has 0 aliphatic rings. The quantitative estimate of drug-likeness (QED) is 0.307. The second-order valence-corrected chi connectivity index (χ2v) is 3.07. The van der Waals surface area contributed by atoms with Crippen LogP contribution in [0.5, 0.6) is 0 Å². The fourth-order valence-electron chi connectivity index (χ4n) is 0.775. The molecule has 0 rings (SSSR count). The number of hydrazone groups is 1. The summed E-state index contributed by atoms with van der Waals surface area (Å²) in [6.07, 6.45) is 1.05. The van der Waals surface area contributed by atoms with Gasteiger partial charge in [-0.25, -0.2) is 0 Å². The molecule has 0 aliphatic heterocycles. The van der Waals surface area contributed by atoms with E-state index in [1.165, 1.54) is 0 Å². The van der Waals surface area contributed by atoms with Crippen LogP contribution in [0.4, 0.5) is 0 Å². The number of hydrogen-bond acceptors (Lipinski definition) is 2. The third-order valence-corrected chi connectivity index (χ3v) is 1.35. The van der Waals surface area contributed by atoms with Crippen LogP contribution in [-0.2, 0) is 0 Å². The normalized spacial score (nSPS) is 12.3. The van der Waals surface area contributed by atoms with Crippen LogP contribution in [0.2, 0.25) is 0 Å². The van der Waals surface area contributed by atoms with E-state index in [9.17, 15) is 0 Å². The fraction of sp³-hybridized carbons (Fsp3) is 0.857. The standard InChI is InChI=1S/C7H16ClN3/c1-4-5-11(6(2)3)10-7(8)9/h6H,4-5H2,1-3H3,(H2,9,10). The topological polar surface area (TPSA) is 41.6 Å². The Kier molecular flexibility index (Phi) is 5.03. The van der Waals surface area contributed by atoms with Crippen LogP contribution >= 0.6 is 11.6 Å². The molecule has 0 fully saturated rings. The van der Waals surface area contributed by atoms with Crippen molar-refractivity contribution < 1.29 is 0 Å². The lowest BCUT2D eigenvalue weighted by Gasteiger charge is -2.22. The van der Waals surface area contributed by atoms with Crippen molar-refractivity contribution in [2.75, 3.05) is 6.54 Å². The largest absolute Gasteiger partial charge is 0.373 e. The van der Waals surface area contributed by atoms with E-state index in [4.69, 9.17) is 17.3 Å². The fourth-order valence-corrected chi connectivity index (χ4v) is 0.873. The van der Waals surface area contributed by atoms with Crippen molar-refractivity contribution in [3.05, 3.63) is 0 Å². The Hall–Kier alpha value is -0.440. The first-order chi connectivity index (χ1) is 5.07. The zero-order valence-electron chi connectivity index (χ0n) is 7.34. The van der Waals surface area contributed by atoms with Gasteiger partial charge in [0.05, 0.1) is 0 Å². The van der Waals surface area contributed by atoms with Gasteiger partial charge in [0.1, 0.15) is 0 Å². The summed E-state index contributed by atoms with van der Waals surface area (Å²) in [5, 5.41) is 5.94. The Morgan fingerprint density at radius 3 is 2.45 bits per heavy atom. The van der Waals surface area contributed by atoms with Gasteiger partial charge in [-0.3, -0.25) is 5.01 Å². The van der Waals surface area contributed by atoms with Crippen LogP contribution in [0.3, 0.4) is 0 Å². The molecule has 0 bridgehead atoms. The Labute approximate surface area is 73.2 Å². The predicted octanol–water partition coefficient (Wildman–Crippen LogP) is 1.58. The van der Waals surface area contributed by atoms with Crippen LogP contribution in [0, 0.1) is 0 Å². The highest BCUT2D eigenvalue weighted by Gasteiger charge is 2.04. The Balaban J connectivity index is 4.00. The maximum Gasteiger partial charge on any atom is 0.211 e. The first kappa shape index (κ1) is 10.6. The summed E-state index contributed by atoms with van der Waals surface area (Å²) in [4.78, 5) is 0. The average Bonchev–Trinajstić information content (AvgIpc) is 1.86. The van der Waals surface area contributed by atoms with E-state index in [1.807, 2.05) is 5.01 Å². The van der Waals surface area contributed by atoms with Crippen molar-refractivity contribution in [1.82, 2.24) is 5.01 Å². The SMILES string of the molecule is CCCN(/N=C(\N)Cl)C(C)C. The molecule has 0 aromatic heterocycles. The van der Waals surface area contributed by atoms with E-state index in [2.05, 4.69) is 25.9 Å². The number of hydrogen-bond donors (Lipinski definition) is 1. The number of halogens is 1. The predicted molar refractivity (Wildman–Crippen MR) is 49.6 cm³/mol. The van der Waals surface area contributed by atoms with Gasteiger partial charge in [-0.2, -0.15) is 0 Å². The minimum absolute atomic E-state index is 0.104. The molecule has 0 saturated carbocycles. The van der Waals surface area contributed by atoms with Crippen molar-refractivity contribution >= 4 is 16.9 Å². The molecular formula is C7H16ClN3. The Morgan fingerprint density at radius 2 is 2.18 bits per heavy atom. The summed E-state index contributed by atoms with van der Waals surface area (Å²) in [7, 11) is 0. The van der Waals surface area contributed by atoms with Crippen LogP contribution in [0.25, 0.3) is 0 Å². The number of amidine groups is 1. The summed E-state index contributed by atoms with van der Waals surface area (Å²) in [6.45, 7) is 7.10. The lowest BCUT2D eigenvalue weighted by Crippen LogP contribution is -2.28. The lowest BCUT2D eigenvalue weighted by molar-refractivity contribution is 0.233. The van der Waals surface area contributed by atoms with Crippen molar-refractivity contribution in [2.24, 2.45) is 10.8 Å². The molecule has 11 heavy (non-hydrogen) atoms. The molecule has 0 saturated heterocycles. The highest BCUT2D eigenvalue weighted by atomic mass is 35.5. The van der Waals surface area contributed by atoms with E-state index in [-0.39, 0.29) is 5.29 Å². The van der Waals surface area contributed by atoms with Crippen LogP contribution in [0.1, 0.15) is 27.2 Å². The molecule has 3 nitrogen and oxygen atoms in total. The van der Waals surface area contributed by atoms with Gasteiger partial charge in [0, 0.05) is 12.6 Å². The second-order valence-electron chi connectivity index (χ2n) is 2.68. The molecule has 0 aliphatic carbocycles. The van der Waals surface area contributed by atoms with Crippen molar-refractivity contribution in [1.29, 1.82) is 0 Å². The molecular weight excluding hydrogens is 162 g/mol. The highest BCUT2D eigenvalue weighted by molar-refractivity contribution is 6.64. The lowest BCUT2D eigenvalue weighted by atomic mass is 10.3. The molecule has 0 amide bonds. The number of nitrogens with zero attached hydrogens (tertiary/aromatic N) is 2. The molecule has 2 N–H and O–H groups in total. The zero-order chi connectivity index (χ0) is 8.85. The molecule has 0 radical (unpaired) electrons. The zero-order valence-corrected chi connectivity index (χ0v) is 8.10.